The van der Waals surface area contributed by atoms with Crippen LogP contribution in [-0.4, -0.2) is 23.6 Å². The Kier molecular flexibility index (Phi) is 3.93. The van der Waals surface area contributed by atoms with Crippen molar-refractivity contribution in [1.82, 2.24) is 14.9 Å². The summed E-state index contributed by atoms with van der Waals surface area (Å²) < 4.78 is 26.6. The van der Waals surface area contributed by atoms with Crippen molar-refractivity contribution in [3.63, 3.8) is 0 Å². The summed E-state index contributed by atoms with van der Waals surface area (Å²) >= 11 is 4.82. The molecule has 0 fully saturated rings. The average Bonchev–Trinajstić information content (AvgIpc) is 2.90. The molecule has 2 rings (SSSR count). The number of hydrogen-bond acceptors (Lipinski definition) is 4. The van der Waals surface area contributed by atoms with Crippen LogP contribution >= 0.6 is 12.2 Å². The Morgan fingerprint density at radius 3 is 2.89 bits per heavy atom. The second kappa shape index (κ2) is 5.47. The van der Waals surface area contributed by atoms with E-state index in [2.05, 4.69) is 14.9 Å². The molecule has 0 unspecified atom stereocenters. The topological polar surface area (TPSA) is 101 Å². The van der Waals surface area contributed by atoms with E-state index in [4.69, 9.17) is 18.0 Å². The third kappa shape index (κ3) is 3.37. The first-order chi connectivity index (χ1) is 8.99. The van der Waals surface area contributed by atoms with Gasteiger partial charge in [0, 0.05) is 23.9 Å². The van der Waals surface area contributed by atoms with Crippen LogP contribution in [0.3, 0.4) is 0 Å². The smallest absolute Gasteiger partial charge is 0.240 e. The first kappa shape index (κ1) is 13.7. The Morgan fingerprint density at radius 2 is 2.26 bits per heavy atom. The second-order valence-electron chi connectivity index (χ2n) is 3.82. The van der Waals surface area contributed by atoms with Crippen molar-refractivity contribution < 1.29 is 8.42 Å². The third-order valence-corrected chi connectivity index (χ3v) is 4.08. The van der Waals surface area contributed by atoms with Gasteiger partial charge in [-0.1, -0.05) is 24.4 Å². The van der Waals surface area contributed by atoms with Crippen molar-refractivity contribution in [3.05, 3.63) is 47.8 Å². The molecule has 4 N–H and O–H groups in total. The Balaban J connectivity index is 2.19. The molecule has 6 nitrogen and oxygen atoms in total. The lowest BCUT2D eigenvalue weighted by molar-refractivity contribution is 0.581. The highest BCUT2D eigenvalue weighted by molar-refractivity contribution is 7.89. The van der Waals surface area contributed by atoms with Crippen LogP contribution in [-0.2, 0) is 16.6 Å². The Labute approximate surface area is 116 Å². The van der Waals surface area contributed by atoms with E-state index in [0.29, 0.717) is 5.56 Å². The number of rotatable bonds is 5. The zero-order valence-corrected chi connectivity index (χ0v) is 11.5. The van der Waals surface area contributed by atoms with E-state index in [1.165, 1.54) is 12.1 Å². The highest BCUT2D eigenvalue weighted by Gasteiger charge is 2.14. The lowest BCUT2D eigenvalue weighted by atomic mass is 10.2. The van der Waals surface area contributed by atoms with Crippen LogP contribution in [0, 0.1) is 0 Å². The van der Waals surface area contributed by atoms with Gasteiger partial charge in [0.2, 0.25) is 10.0 Å². The number of nitrogens with zero attached hydrogens (tertiary/aromatic N) is 1. The summed E-state index contributed by atoms with van der Waals surface area (Å²) in [6.07, 6.45) is 3.17. The molecule has 0 saturated heterocycles. The SMILES string of the molecule is NC(=S)c1cccc(S(=O)(=O)NCc2cn[nH]c2)c1. The maximum Gasteiger partial charge on any atom is 0.240 e. The van der Waals surface area contributed by atoms with E-state index in [1.807, 2.05) is 0 Å². The fraction of sp³-hybridized carbons (Fsp3) is 0.0909. The van der Waals surface area contributed by atoms with Gasteiger partial charge in [0.1, 0.15) is 4.99 Å². The zero-order chi connectivity index (χ0) is 13.9. The summed E-state index contributed by atoms with van der Waals surface area (Å²) in [7, 11) is -3.60. The van der Waals surface area contributed by atoms with Crippen LogP contribution in [0.1, 0.15) is 11.1 Å². The minimum Gasteiger partial charge on any atom is -0.389 e. The third-order valence-electron chi connectivity index (χ3n) is 2.45. The number of thiocarbonyl (C=S) groups is 1. The van der Waals surface area contributed by atoms with Gasteiger partial charge >= 0.3 is 0 Å². The van der Waals surface area contributed by atoms with E-state index < -0.39 is 10.0 Å². The largest absolute Gasteiger partial charge is 0.389 e. The molecular formula is C11H12N4O2S2. The molecular weight excluding hydrogens is 284 g/mol. The molecule has 0 saturated carbocycles. The molecule has 1 heterocycles. The molecule has 0 bridgehead atoms. The van der Waals surface area contributed by atoms with Gasteiger partial charge in [-0.25, -0.2) is 13.1 Å². The maximum absolute atomic E-state index is 12.1. The fourth-order valence-corrected chi connectivity index (χ4v) is 2.64. The number of sulfonamides is 1. The Bertz CT molecular complexity index is 680. The van der Waals surface area contributed by atoms with Crippen LogP contribution in [0.4, 0.5) is 0 Å². The fourth-order valence-electron chi connectivity index (χ4n) is 1.45. The number of nitrogens with one attached hydrogen (secondary N) is 2. The van der Waals surface area contributed by atoms with Gasteiger partial charge in [-0.15, -0.1) is 0 Å². The van der Waals surface area contributed by atoms with Crippen LogP contribution < -0.4 is 10.5 Å². The van der Waals surface area contributed by atoms with Gasteiger partial charge in [0.15, 0.2) is 0 Å². The number of benzene rings is 1. The molecule has 0 aliphatic rings. The van der Waals surface area contributed by atoms with Crippen LogP contribution in [0.2, 0.25) is 0 Å². The van der Waals surface area contributed by atoms with Crippen molar-refractivity contribution >= 4 is 27.2 Å². The van der Waals surface area contributed by atoms with E-state index in [-0.39, 0.29) is 16.4 Å². The monoisotopic (exact) mass is 296 g/mol. The summed E-state index contributed by atoms with van der Waals surface area (Å²) in [5.74, 6) is 0. The second-order valence-corrected chi connectivity index (χ2v) is 6.03. The first-order valence-corrected chi connectivity index (χ1v) is 7.25. The zero-order valence-electron chi connectivity index (χ0n) is 9.83. The quantitative estimate of drug-likeness (QED) is 0.698. The van der Waals surface area contributed by atoms with Crippen molar-refractivity contribution in [1.29, 1.82) is 0 Å². The average molecular weight is 296 g/mol. The number of H-pyrrole nitrogens is 1. The summed E-state index contributed by atoms with van der Waals surface area (Å²) in [5.41, 5.74) is 6.74. The maximum atomic E-state index is 12.1. The van der Waals surface area contributed by atoms with Gasteiger partial charge < -0.3 is 5.73 Å². The summed E-state index contributed by atoms with van der Waals surface area (Å²) in [4.78, 5) is 0.285. The molecule has 100 valence electrons. The number of aromatic nitrogens is 2. The van der Waals surface area contributed by atoms with Gasteiger partial charge in [0.05, 0.1) is 11.1 Å². The normalized spacial score (nSPS) is 11.4. The molecule has 1 aromatic heterocycles. The van der Waals surface area contributed by atoms with Crippen molar-refractivity contribution in [3.8, 4) is 0 Å². The molecule has 8 heteroatoms. The predicted octanol–water partition coefficient (Wildman–Crippen LogP) is 0.522. The van der Waals surface area contributed by atoms with Gasteiger partial charge in [-0.2, -0.15) is 5.10 Å². The lowest BCUT2D eigenvalue weighted by Crippen LogP contribution is -2.23. The molecule has 1 aromatic carbocycles. The standard InChI is InChI=1S/C11H12N4O2S2/c12-11(18)9-2-1-3-10(4-9)19(16,17)15-7-8-5-13-14-6-8/h1-6,15H,7H2,(H2,12,18)(H,13,14). The predicted molar refractivity (Wildman–Crippen MR) is 74.9 cm³/mol. The van der Waals surface area contributed by atoms with E-state index in [1.54, 1.807) is 24.5 Å². The van der Waals surface area contributed by atoms with Gasteiger partial charge in [-0.05, 0) is 12.1 Å². The van der Waals surface area contributed by atoms with Crippen LogP contribution in [0.25, 0.3) is 0 Å². The van der Waals surface area contributed by atoms with Crippen molar-refractivity contribution in [2.24, 2.45) is 5.73 Å². The van der Waals surface area contributed by atoms with E-state index in [0.717, 1.165) is 5.56 Å². The minimum absolute atomic E-state index is 0.126. The minimum atomic E-state index is -3.60. The first-order valence-electron chi connectivity index (χ1n) is 5.36. The molecule has 0 spiro atoms. The van der Waals surface area contributed by atoms with E-state index >= 15 is 0 Å². The Hall–Kier alpha value is -1.77. The number of hydrogen-bond donors (Lipinski definition) is 3. The summed E-state index contributed by atoms with van der Waals surface area (Å²) in [6, 6.07) is 6.19. The summed E-state index contributed by atoms with van der Waals surface area (Å²) in [5, 5.41) is 6.35. The number of aromatic amines is 1. The van der Waals surface area contributed by atoms with Crippen molar-refractivity contribution in [2.45, 2.75) is 11.4 Å². The highest BCUT2D eigenvalue weighted by Crippen LogP contribution is 2.12. The molecule has 19 heavy (non-hydrogen) atoms. The van der Waals surface area contributed by atoms with Gasteiger partial charge in [0.25, 0.3) is 0 Å². The van der Waals surface area contributed by atoms with Crippen molar-refractivity contribution in [2.75, 3.05) is 0 Å². The molecule has 2 aromatic rings. The molecule has 0 aliphatic heterocycles. The molecule has 0 aliphatic carbocycles. The summed E-state index contributed by atoms with van der Waals surface area (Å²) in [6.45, 7) is 0.163. The van der Waals surface area contributed by atoms with Crippen LogP contribution in [0.15, 0.2) is 41.6 Å². The number of nitrogens with two attached hydrogens (primary N) is 1. The Morgan fingerprint density at radius 1 is 1.47 bits per heavy atom. The van der Waals surface area contributed by atoms with Gasteiger partial charge in [-0.3, -0.25) is 5.10 Å². The molecule has 0 atom stereocenters. The molecule has 0 amide bonds. The molecule has 0 radical (unpaired) electrons. The van der Waals surface area contributed by atoms with Crippen LogP contribution in [0.5, 0.6) is 0 Å². The highest BCUT2D eigenvalue weighted by atomic mass is 32.2. The lowest BCUT2D eigenvalue weighted by Gasteiger charge is -2.07. The van der Waals surface area contributed by atoms with E-state index in [9.17, 15) is 8.42 Å².